The third kappa shape index (κ3) is 3.43. The van der Waals surface area contributed by atoms with Crippen molar-refractivity contribution in [2.45, 2.75) is 42.8 Å². The highest BCUT2D eigenvalue weighted by molar-refractivity contribution is 8.00. The summed E-state index contributed by atoms with van der Waals surface area (Å²) in [7, 11) is 3.42. The quantitative estimate of drug-likeness (QED) is 0.792. The van der Waals surface area contributed by atoms with E-state index >= 15 is 0 Å². The predicted molar refractivity (Wildman–Crippen MR) is 75.8 cm³/mol. The molecule has 0 radical (unpaired) electrons. The Balaban J connectivity index is 2.08. The molecule has 1 aromatic heterocycles. The van der Waals surface area contributed by atoms with Gasteiger partial charge in [-0.05, 0) is 19.8 Å². The Labute approximate surface area is 121 Å². The molecule has 0 aromatic carbocycles. The van der Waals surface area contributed by atoms with Crippen LogP contribution in [0, 0.1) is 0 Å². The number of hydrogen-bond donors (Lipinski definition) is 1. The molecule has 1 amide bonds. The van der Waals surface area contributed by atoms with Crippen molar-refractivity contribution in [3.63, 3.8) is 0 Å². The highest BCUT2D eigenvalue weighted by Gasteiger charge is 2.23. The van der Waals surface area contributed by atoms with Crippen LogP contribution in [0.5, 0.6) is 0 Å². The van der Waals surface area contributed by atoms with Crippen LogP contribution in [0.25, 0.3) is 0 Å². The average Bonchev–Trinajstić information content (AvgIpc) is 3.02. The molecule has 1 N–H and O–H groups in total. The number of hydrogen-bond acceptors (Lipinski definition) is 5. The molecule has 20 heavy (non-hydrogen) atoms. The average molecular weight is 300 g/mol. The second kappa shape index (κ2) is 6.45. The van der Waals surface area contributed by atoms with Gasteiger partial charge in [-0.25, -0.2) is 9.89 Å². The van der Waals surface area contributed by atoms with E-state index in [0.717, 1.165) is 19.4 Å². The van der Waals surface area contributed by atoms with E-state index in [2.05, 4.69) is 10.2 Å². The molecule has 0 aliphatic carbocycles. The van der Waals surface area contributed by atoms with Crippen LogP contribution in [0.4, 0.5) is 0 Å². The summed E-state index contributed by atoms with van der Waals surface area (Å²) in [6.07, 6.45) is 2.04. The molecule has 0 bridgehead atoms. The number of aromatic amines is 1. The Bertz CT molecular complexity index is 519. The number of thioether (sulfide) groups is 1. The summed E-state index contributed by atoms with van der Waals surface area (Å²) in [5.41, 5.74) is -0.257. The van der Waals surface area contributed by atoms with Gasteiger partial charge >= 0.3 is 5.69 Å². The van der Waals surface area contributed by atoms with Crippen molar-refractivity contribution in [2.75, 3.05) is 20.7 Å². The molecule has 1 aliphatic rings. The molecule has 2 atom stereocenters. The molecule has 8 heteroatoms. The summed E-state index contributed by atoms with van der Waals surface area (Å²) in [4.78, 5) is 25.2. The Kier molecular flexibility index (Phi) is 4.87. The lowest BCUT2D eigenvalue weighted by Crippen LogP contribution is -2.30. The summed E-state index contributed by atoms with van der Waals surface area (Å²) in [5.74, 6) is -0.00545. The molecular weight excluding hydrogens is 280 g/mol. The molecular formula is C12H20N4O3S. The summed E-state index contributed by atoms with van der Waals surface area (Å²) in [5, 5.41) is 6.69. The maximum absolute atomic E-state index is 11.9. The molecule has 0 saturated carbocycles. The van der Waals surface area contributed by atoms with Crippen LogP contribution in [0.15, 0.2) is 9.95 Å². The first-order valence-corrected chi connectivity index (χ1v) is 7.51. The van der Waals surface area contributed by atoms with Gasteiger partial charge in [-0.3, -0.25) is 9.36 Å². The fourth-order valence-electron chi connectivity index (χ4n) is 2.12. The minimum atomic E-state index is -0.288. The Morgan fingerprint density at radius 3 is 3.00 bits per heavy atom. The number of carbonyl (C=O) groups is 1. The molecule has 2 rings (SSSR count). The monoisotopic (exact) mass is 300 g/mol. The van der Waals surface area contributed by atoms with Crippen molar-refractivity contribution in [1.82, 2.24) is 19.7 Å². The van der Waals surface area contributed by atoms with E-state index in [-0.39, 0.29) is 23.0 Å². The van der Waals surface area contributed by atoms with Crippen LogP contribution in [0.1, 0.15) is 19.8 Å². The van der Waals surface area contributed by atoms with Gasteiger partial charge in [0.25, 0.3) is 0 Å². The van der Waals surface area contributed by atoms with Crippen LogP contribution >= 0.6 is 11.8 Å². The van der Waals surface area contributed by atoms with E-state index in [1.165, 1.54) is 16.7 Å². The third-order valence-electron chi connectivity index (χ3n) is 3.20. The van der Waals surface area contributed by atoms with Gasteiger partial charge in [-0.2, -0.15) is 0 Å². The molecule has 0 unspecified atom stereocenters. The fraction of sp³-hybridized carbons (Fsp3) is 0.750. The summed E-state index contributed by atoms with van der Waals surface area (Å²) in [6, 6.07) is 0. The smallest absolute Gasteiger partial charge is 0.344 e. The first kappa shape index (κ1) is 15.1. The first-order valence-electron chi connectivity index (χ1n) is 6.63. The number of nitrogens with one attached hydrogen (secondary N) is 1. The van der Waals surface area contributed by atoms with Crippen LogP contribution in [-0.2, 0) is 16.1 Å². The zero-order valence-electron chi connectivity index (χ0n) is 12.0. The minimum absolute atomic E-state index is 0.00545. The van der Waals surface area contributed by atoms with Gasteiger partial charge in [0.15, 0.2) is 5.16 Å². The lowest BCUT2D eigenvalue weighted by molar-refractivity contribution is -0.127. The lowest BCUT2D eigenvalue weighted by Gasteiger charge is -2.16. The number of rotatable bonds is 5. The van der Waals surface area contributed by atoms with Gasteiger partial charge < -0.3 is 9.64 Å². The fourth-order valence-corrected chi connectivity index (χ4v) is 3.13. The standard InChI is InChI=1S/C12H20N4O3S/c1-8(10(17)15(2)3)20-12-14-13-11(18)16(12)7-9-5-4-6-19-9/h8-9H,4-7H2,1-3H3,(H,13,18)/t8-,9+/m1/s1. The molecule has 7 nitrogen and oxygen atoms in total. The number of ether oxygens (including phenoxy) is 1. The molecule has 1 aromatic rings. The number of H-pyrrole nitrogens is 1. The largest absolute Gasteiger partial charge is 0.376 e. The van der Waals surface area contributed by atoms with Crippen molar-refractivity contribution in [1.29, 1.82) is 0 Å². The molecule has 1 fully saturated rings. The van der Waals surface area contributed by atoms with Crippen molar-refractivity contribution >= 4 is 17.7 Å². The van der Waals surface area contributed by atoms with Gasteiger partial charge in [0.1, 0.15) is 0 Å². The normalized spacial score (nSPS) is 20.1. The van der Waals surface area contributed by atoms with Crippen LogP contribution in [0.2, 0.25) is 0 Å². The third-order valence-corrected chi connectivity index (χ3v) is 4.28. The molecule has 2 heterocycles. The van der Waals surface area contributed by atoms with Crippen molar-refractivity contribution in [2.24, 2.45) is 0 Å². The van der Waals surface area contributed by atoms with Gasteiger partial charge in [0.2, 0.25) is 5.91 Å². The zero-order valence-corrected chi connectivity index (χ0v) is 12.8. The number of amides is 1. The van der Waals surface area contributed by atoms with Gasteiger partial charge in [-0.1, -0.05) is 11.8 Å². The maximum Gasteiger partial charge on any atom is 0.344 e. The van der Waals surface area contributed by atoms with Crippen LogP contribution in [-0.4, -0.2) is 57.6 Å². The maximum atomic E-state index is 11.9. The SMILES string of the molecule is C[C@@H](Sc1n[nH]c(=O)n1C[C@@H]1CCCO1)C(=O)N(C)C. The van der Waals surface area contributed by atoms with E-state index in [1.54, 1.807) is 18.7 Å². The van der Waals surface area contributed by atoms with E-state index in [4.69, 9.17) is 4.74 Å². The van der Waals surface area contributed by atoms with Gasteiger partial charge in [0.05, 0.1) is 17.9 Å². The van der Waals surface area contributed by atoms with Gasteiger partial charge in [-0.15, -0.1) is 5.10 Å². The van der Waals surface area contributed by atoms with Crippen LogP contribution < -0.4 is 5.69 Å². The highest BCUT2D eigenvalue weighted by Crippen LogP contribution is 2.22. The Hall–Kier alpha value is -1.28. The topological polar surface area (TPSA) is 80.2 Å². The van der Waals surface area contributed by atoms with Crippen molar-refractivity contribution in [3.8, 4) is 0 Å². The Morgan fingerprint density at radius 2 is 2.40 bits per heavy atom. The predicted octanol–water partition coefficient (Wildman–Crippen LogP) is 0.319. The van der Waals surface area contributed by atoms with Crippen molar-refractivity contribution < 1.29 is 9.53 Å². The summed E-state index contributed by atoms with van der Waals surface area (Å²) in [6.45, 7) is 3.04. The molecule has 0 spiro atoms. The highest BCUT2D eigenvalue weighted by atomic mass is 32.2. The van der Waals surface area contributed by atoms with E-state index < -0.39 is 0 Å². The minimum Gasteiger partial charge on any atom is -0.376 e. The first-order chi connectivity index (χ1) is 9.49. The van der Waals surface area contributed by atoms with Crippen molar-refractivity contribution in [3.05, 3.63) is 10.5 Å². The number of aromatic nitrogens is 3. The lowest BCUT2D eigenvalue weighted by atomic mass is 10.2. The van der Waals surface area contributed by atoms with E-state index in [9.17, 15) is 9.59 Å². The summed E-state index contributed by atoms with van der Waals surface area (Å²) >= 11 is 1.28. The number of carbonyl (C=O) groups excluding carboxylic acids is 1. The van der Waals surface area contributed by atoms with E-state index in [0.29, 0.717) is 11.7 Å². The van der Waals surface area contributed by atoms with E-state index in [1.807, 2.05) is 6.92 Å². The number of nitrogens with zero attached hydrogens (tertiary/aromatic N) is 3. The zero-order chi connectivity index (χ0) is 14.7. The molecule has 112 valence electrons. The van der Waals surface area contributed by atoms with Crippen LogP contribution in [0.3, 0.4) is 0 Å². The van der Waals surface area contributed by atoms with Gasteiger partial charge in [0, 0.05) is 20.7 Å². The molecule has 1 aliphatic heterocycles. The second-order valence-corrected chi connectivity index (χ2v) is 6.36. The Morgan fingerprint density at radius 1 is 1.65 bits per heavy atom. The molecule has 1 saturated heterocycles. The second-order valence-electron chi connectivity index (χ2n) is 5.05. The summed E-state index contributed by atoms with van der Waals surface area (Å²) < 4.78 is 7.10.